The predicted octanol–water partition coefficient (Wildman–Crippen LogP) is 4.17. The zero-order valence-electron chi connectivity index (χ0n) is 18.6. The number of rotatable bonds is 7. The molecule has 0 radical (unpaired) electrons. The van der Waals surface area contributed by atoms with Crippen LogP contribution in [0.15, 0.2) is 48.7 Å². The van der Waals surface area contributed by atoms with E-state index in [-0.39, 0.29) is 18.5 Å². The first-order valence-electron chi connectivity index (χ1n) is 10.7. The van der Waals surface area contributed by atoms with Crippen LogP contribution in [0.2, 0.25) is 0 Å². The summed E-state index contributed by atoms with van der Waals surface area (Å²) in [6.07, 6.45) is 2.62. The summed E-state index contributed by atoms with van der Waals surface area (Å²) < 4.78 is 37.1. The number of esters is 1. The number of hydrogen-bond donors (Lipinski definition) is 0. The number of aromatic nitrogens is 2. The number of nitrogens with zero attached hydrogens (tertiary/aromatic N) is 3. The summed E-state index contributed by atoms with van der Waals surface area (Å²) in [5, 5.41) is 0. The molecule has 1 atom stereocenters. The molecule has 1 aliphatic heterocycles. The summed E-state index contributed by atoms with van der Waals surface area (Å²) in [5.41, 5.74) is 3.34. The second-order valence-electron chi connectivity index (χ2n) is 8.17. The molecule has 172 valence electrons. The Morgan fingerprint density at radius 1 is 1.15 bits per heavy atom. The molecule has 2 aromatic carbocycles. The van der Waals surface area contributed by atoms with Gasteiger partial charge in [-0.05, 0) is 42.0 Å². The predicted molar refractivity (Wildman–Crippen MR) is 118 cm³/mol. The van der Waals surface area contributed by atoms with Crippen molar-refractivity contribution in [2.45, 2.75) is 26.5 Å². The van der Waals surface area contributed by atoms with Gasteiger partial charge in [0.15, 0.2) is 5.82 Å². The standard InChI is InChI=1S/C25H25F2N3O3/c1-16(25(31)32-2)13-30-8-7-23-19(14-30)12-28-24(29-23)18-3-5-22(6-4-18)33-15-17-9-20(26)11-21(27)10-17/h3-6,9-12,16H,7-8,13-15H2,1-2H3. The summed E-state index contributed by atoms with van der Waals surface area (Å²) in [6, 6.07) is 10.6. The first-order chi connectivity index (χ1) is 15.9. The number of carbonyl (C=O) groups is 1. The minimum Gasteiger partial charge on any atom is -0.489 e. The fourth-order valence-corrected chi connectivity index (χ4v) is 3.89. The van der Waals surface area contributed by atoms with Crippen LogP contribution in [0.5, 0.6) is 5.75 Å². The van der Waals surface area contributed by atoms with Crippen LogP contribution < -0.4 is 4.74 Å². The van der Waals surface area contributed by atoms with E-state index in [1.807, 2.05) is 25.3 Å². The number of benzene rings is 2. The maximum atomic E-state index is 13.3. The van der Waals surface area contributed by atoms with E-state index in [4.69, 9.17) is 14.5 Å². The van der Waals surface area contributed by atoms with E-state index in [0.717, 1.165) is 35.9 Å². The lowest BCUT2D eigenvalue weighted by Gasteiger charge is -2.29. The van der Waals surface area contributed by atoms with Gasteiger partial charge in [-0.2, -0.15) is 0 Å². The topological polar surface area (TPSA) is 64.5 Å². The highest BCUT2D eigenvalue weighted by molar-refractivity contribution is 5.72. The van der Waals surface area contributed by atoms with Crippen LogP contribution in [0, 0.1) is 17.6 Å². The molecule has 0 saturated carbocycles. The molecule has 1 aliphatic rings. The summed E-state index contributed by atoms with van der Waals surface area (Å²) in [4.78, 5) is 23.1. The molecule has 0 saturated heterocycles. The van der Waals surface area contributed by atoms with Crippen LogP contribution in [0.25, 0.3) is 11.4 Å². The lowest BCUT2D eigenvalue weighted by molar-refractivity contribution is -0.145. The van der Waals surface area contributed by atoms with Crippen molar-refractivity contribution in [1.82, 2.24) is 14.9 Å². The summed E-state index contributed by atoms with van der Waals surface area (Å²) in [5.74, 6) is -0.440. The molecule has 0 aliphatic carbocycles. The van der Waals surface area contributed by atoms with E-state index in [2.05, 4.69) is 9.88 Å². The Morgan fingerprint density at radius 2 is 1.88 bits per heavy atom. The summed E-state index contributed by atoms with van der Waals surface area (Å²) in [7, 11) is 1.41. The van der Waals surface area contributed by atoms with Crippen molar-refractivity contribution in [1.29, 1.82) is 0 Å². The van der Waals surface area contributed by atoms with Crippen molar-refractivity contribution >= 4 is 5.97 Å². The maximum absolute atomic E-state index is 13.3. The lowest BCUT2D eigenvalue weighted by Crippen LogP contribution is -2.36. The van der Waals surface area contributed by atoms with Gasteiger partial charge >= 0.3 is 5.97 Å². The smallest absolute Gasteiger partial charge is 0.309 e. The molecule has 1 unspecified atom stereocenters. The first-order valence-corrected chi connectivity index (χ1v) is 10.7. The van der Waals surface area contributed by atoms with Gasteiger partial charge in [-0.1, -0.05) is 6.92 Å². The molecule has 1 aromatic heterocycles. The van der Waals surface area contributed by atoms with Gasteiger partial charge in [0.2, 0.25) is 0 Å². The van der Waals surface area contributed by atoms with Crippen LogP contribution in [0.3, 0.4) is 0 Å². The van der Waals surface area contributed by atoms with Gasteiger partial charge in [-0.3, -0.25) is 9.69 Å². The molecule has 0 fully saturated rings. The molecular weight excluding hydrogens is 428 g/mol. The number of methoxy groups -OCH3 is 1. The lowest BCUT2D eigenvalue weighted by atomic mass is 10.0. The van der Waals surface area contributed by atoms with Gasteiger partial charge in [0, 0.05) is 49.4 Å². The Hall–Kier alpha value is -3.39. The summed E-state index contributed by atoms with van der Waals surface area (Å²) in [6.45, 7) is 4.08. The van der Waals surface area contributed by atoms with E-state index in [1.165, 1.54) is 19.2 Å². The second-order valence-corrected chi connectivity index (χ2v) is 8.17. The van der Waals surface area contributed by atoms with Gasteiger partial charge in [-0.25, -0.2) is 18.7 Å². The second kappa shape index (κ2) is 10.0. The average Bonchev–Trinajstić information content (AvgIpc) is 2.81. The zero-order valence-corrected chi connectivity index (χ0v) is 18.6. The third-order valence-electron chi connectivity index (χ3n) is 5.59. The molecule has 8 heteroatoms. The fraction of sp³-hybridized carbons (Fsp3) is 0.320. The SMILES string of the molecule is COC(=O)C(C)CN1CCc2nc(-c3ccc(OCc4cc(F)cc(F)c4)cc3)ncc2C1. The van der Waals surface area contributed by atoms with Gasteiger partial charge in [-0.15, -0.1) is 0 Å². The van der Waals surface area contributed by atoms with E-state index in [9.17, 15) is 13.6 Å². The van der Waals surface area contributed by atoms with Crippen LogP contribution in [0.1, 0.15) is 23.7 Å². The van der Waals surface area contributed by atoms with Crippen molar-refractivity contribution in [2.24, 2.45) is 5.92 Å². The Labute approximate surface area is 191 Å². The first kappa shape index (κ1) is 22.8. The van der Waals surface area contributed by atoms with E-state index in [1.54, 1.807) is 12.1 Å². The van der Waals surface area contributed by atoms with Gasteiger partial charge in [0.05, 0.1) is 18.7 Å². The molecule has 4 rings (SSSR count). The summed E-state index contributed by atoms with van der Waals surface area (Å²) >= 11 is 0. The Kier molecular flexibility index (Phi) is 6.93. The molecule has 0 spiro atoms. The Bertz CT molecular complexity index is 1120. The van der Waals surface area contributed by atoms with E-state index < -0.39 is 11.6 Å². The quantitative estimate of drug-likeness (QED) is 0.501. The van der Waals surface area contributed by atoms with Crippen LogP contribution in [-0.4, -0.2) is 41.0 Å². The third-order valence-corrected chi connectivity index (χ3v) is 5.59. The minimum atomic E-state index is -0.630. The molecule has 3 aromatic rings. The zero-order chi connectivity index (χ0) is 23.4. The van der Waals surface area contributed by atoms with Crippen molar-refractivity contribution in [3.8, 4) is 17.1 Å². The van der Waals surface area contributed by atoms with E-state index in [0.29, 0.717) is 30.2 Å². The van der Waals surface area contributed by atoms with Gasteiger partial charge in [0.1, 0.15) is 24.0 Å². The van der Waals surface area contributed by atoms with Crippen LogP contribution in [0.4, 0.5) is 8.78 Å². The largest absolute Gasteiger partial charge is 0.489 e. The molecule has 2 heterocycles. The monoisotopic (exact) mass is 453 g/mol. The highest BCUT2D eigenvalue weighted by Gasteiger charge is 2.23. The van der Waals surface area contributed by atoms with Crippen LogP contribution >= 0.6 is 0 Å². The fourth-order valence-electron chi connectivity index (χ4n) is 3.89. The Morgan fingerprint density at radius 3 is 2.58 bits per heavy atom. The number of fused-ring (bicyclic) bond motifs is 1. The van der Waals surface area contributed by atoms with Crippen molar-refractivity contribution < 1.29 is 23.0 Å². The highest BCUT2D eigenvalue weighted by Crippen LogP contribution is 2.24. The number of halogens is 2. The molecule has 0 bridgehead atoms. The Balaban J connectivity index is 1.38. The minimum absolute atomic E-state index is 0.0640. The van der Waals surface area contributed by atoms with Crippen molar-refractivity contribution in [3.05, 3.63) is 77.1 Å². The number of ether oxygens (including phenoxy) is 2. The number of hydrogen-bond acceptors (Lipinski definition) is 6. The molecule has 0 N–H and O–H groups in total. The van der Waals surface area contributed by atoms with E-state index >= 15 is 0 Å². The molecular formula is C25H25F2N3O3. The normalized spacial score (nSPS) is 14.4. The third kappa shape index (κ3) is 5.70. The van der Waals surface area contributed by atoms with Crippen LogP contribution in [-0.2, 0) is 29.1 Å². The van der Waals surface area contributed by atoms with Gasteiger partial charge in [0.25, 0.3) is 0 Å². The number of carbonyl (C=O) groups excluding carboxylic acids is 1. The molecule has 33 heavy (non-hydrogen) atoms. The van der Waals surface area contributed by atoms with Crippen molar-refractivity contribution in [3.63, 3.8) is 0 Å². The molecule has 0 amide bonds. The maximum Gasteiger partial charge on any atom is 0.309 e. The molecule has 6 nitrogen and oxygen atoms in total. The van der Waals surface area contributed by atoms with Crippen molar-refractivity contribution in [2.75, 3.05) is 20.2 Å². The van der Waals surface area contributed by atoms with Gasteiger partial charge < -0.3 is 9.47 Å². The highest BCUT2D eigenvalue weighted by atomic mass is 19.1. The average molecular weight is 453 g/mol.